The van der Waals surface area contributed by atoms with Gasteiger partial charge < -0.3 is 56.2 Å². The number of nitrogens with zero attached hydrogens (tertiary/aromatic N) is 5. The standard InChI is InChI=1S/C66H106N10O11/c1-17-45(8)38-57(78)72(13)53(36-43(4)5)59(80)69-49(65(86)76-33-25-20-26-34-76)31-32-56(77)68-46(9)62(83)74(15)54(37-44(6)7)60(81)70-50(35-42(2)3)63(84)75(16)55(40-48-29-23-19-24-30-48)61(82)71-51(41-87-66(10,11)12)64(85)73(14)52(58(67)79)39-47-27-21-18-22-28-47/h18-19,21-24,27-30,42-46,49-55H,17,20,25-26,31-41H2,1-16H3,(H2,67,79)(H,68,77)(H,69,80)(H,70,81)(H,71,82)/t45-,46+,49-,50-,51-,52-,53-,54?,55-/m0/s1. The zero-order valence-electron chi connectivity index (χ0n) is 55.1. The van der Waals surface area contributed by atoms with Gasteiger partial charge >= 0.3 is 0 Å². The van der Waals surface area contributed by atoms with Crippen molar-refractivity contribution in [3.05, 3.63) is 71.8 Å². The van der Waals surface area contributed by atoms with Crippen LogP contribution in [0.3, 0.4) is 0 Å². The van der Waals surface area contributed by atoms with Gasteiger partial charge in [-0.25, -0.2) is 0 Å². The van der Waals surface area contributed by atoms with Crippen molar-refractivity contribution in [1.82, 2.24) is 45.8 Å². The van der Waals surface area contributed by atoms with Crippen LogP contribution < -0.4 is 27.0 Å². The molecule has 9 atom stereocenters. The Labute approximate surface area is 518 Å². The molecule has 10 amide bonds. The van der Waals surface area contributed by atoms with Crippen LogP contribution in [0.15, 0.2) is 60.7 Å². The minimum Gasteiger partial charge on any atom is -0.373 e. The fourth-order valence-corrected chi connectivity index (χ4v) is 10.5. The summed E-state index contributed by atoms with van der Waals surface area (Å²) in [5.41, 5.74) is 6.59. The molecule has 2 aromatic carbocycles. The third kappa shape index (κ3) is 24.7. The van der Waals surface area contributed by atoms with Gasteiger partial charge in [-0.1, -0.05) is 122 Å². The monoisotopic (exact) mass is 1210 g/mol. The number of rotatable bonds is 34. The van der Waals surface area contributed by atoms with Gasteiger partial charge in [-0.15, -0.1) is 0 Å². The smallest absolute Gasteiger partial charge is 0.247 e. The summed E-state index contributed by atoms with van der Waals surface area (Å²) in [7, 11) is 5.96. The molecule has 0 aliphatic carbocycles. The second-order valence-corrected chi connectivity index (χ2v) is 26.1. The van der Waals surface area contributed by atoms with Crippen LogP contribution in [0.1, 0.15) is 158 Å². The molecule has 1 aliphatic rings. The van der Waals surface area contributed by atoms with Gasteiger partial charge in [0.05, 0.1) is 12.2 Å². The van der Waals surface area contributed by atoms with Crippen molar-refractivity contribution in [3.8, 4) is 0 Å². The van der Waals surface area contributed by atoms with Gasteiger partial charge in [-0.2, -0.15) is 0 Å². The maximum Gasteiger partial charge on any atom is 0.247 e. The van der Waals surface area contributed by atoms with E-state index in [-0.39, 0.29) is 87.0 Å². The normalized spacial score (nSPS) is 15.8. The van der Waals surface area contributed by atoms with Crippen molar-refractivity contribution < 1.29 is 52.7 Å². The van der Waals surface area contributed by atoms with E-state index in [0.29, 0.717) is 25.1 Å². The lowest BCUT2D eigenvalue weighted by Gasteiger charge is -2.35. The van der Waals surface area contributed by atoms with Crippen LogP contribution in [0.2, 0.25) is 0 Å². The number of likely N-dealkylation sites (N-methyl/N-ethyl adjacent to an activating group) is 4. The molecule has 486 valence electrons. The number of hydrogen-bond donors (Lipinski definition) is 5. The lowest BCUT2D eigenvalue weighted by atomic mass is 9.97. The number of carbonyl (C=O) groups excluding carboxylic acids is 10. The van der Waals surface area contributed by atoms with Gasteiger partial charge in [0.1, 0.15) is 48.3 Å². The summed E-state index contributed by atoms with van der Waals surface area (Å²) in [6.07, 6.45) is 4.11. The first kappa shape index (κ1) is 74.4. The fourth-order valence-electron chi connectivity index (χ4n) is 10.5. The molecule has 87 heavy (non-hydrogen) atoms. The second kappa shape index (κ2) is 35.8. The van der Waals surface area contributed by atoms with Crippen LogP contribution in [0.5, 0.6) is 0 Å². The van der Waals surface area contributed by atoms with Crippen molar-refractivity contribution >= 4 is 59.1 Å². The Balaban J connectivity index is 1.90. The highest BCUT2D eigenvalue weighted by molar-refractivity contribution is 5.97. The van der Waals surface area contributed by atoms with E-state index >= 15 is 4.79 Å². The number of carbonyl (C=O) groups is 10. The van der Waals surface area contributed by atoms with Gasteiger partial charge in [-0.05, 0) is 107 Å². The van der Waals surface area contributed by atoms with Crippen molar-refractivity contribution in [2.45, 2.75) is 214 Å². The Kier molecular flexibility index (Phi) is 30.6. The molecule has 21 nitrogen and oxygen atoms in total. The third-order valence-electron chi connectivity index (χ3n) is 16.0. The molecular weight excluding hydrogens is 1110 g/mol. The predicted molar refractivity (Wildman–Crippen MR) is 337 cm³/mol. The van der Waals surface area contributed by atoms with E-state index in [1.807, 2.05) is 91.8 Å². The van der Waals surface area contributed by atoms with E-state index in [9.17, 15) is 43.2 Å². The molecule has 3 rings (SSSR count). The maximum atomic E-state index is 15.0. The summed E-state index contributed by atoms with van der Waals surface area (Å²) in [6, 6.07) is 9.03. The number of ether oxygens (including phenoxy) is 1. The van der Waals surface area contributed by atoms with E-state index in [2.05, 4.69) is 21.3 Å². The van der Waals surface area contributed by atoms with E-state index in [4.69, 9.17) is 10.5 Å². The van der Waals surface area contributed by atoms with E-state index in [1.165, 1.54) is 47.7 Å². The molecule has 21 heteroatoms. The molecule has 6 N–H and O–H groups in total. The summed E-state index contributed by atoms with van der Waals surface area (Å²) in [5, 5.41) is 11.4. The Hall–Kier alpha value is -6.90. The number of hydrogen-bond acceptors (Lipinski definition) is 11. The highest BCUT2D eigenvalue weighted by Gasteiger charge is 2.40. The molecule has 1 fully saturated rings. The van der Waals surface area contributed by atoms with Crippen molar-refractivity contribution in [2.24, 2.45) is 29.4 Å². The molecule has 1 unspecified atom stereocenters. The average Bonchev–Trinajstić information content (AvgIpc) is 3.26. The van der Waals surface area contributed by atoms with Crippen LogP contribution >= 0.6 is 0 Å². The van der Waals surface area contributed by atoms with Crippen LogP contribution in [-0.2, 0) is 65.5 Å². The average molecular weight is 1220 g/mol. The Bertz CT molecular complexity index is 2570. The van der Waals surface area contributed by atoms with Gasteiger partial charge in [0.2, 0.25) is 59.1 Å². The van der Waals surface area contributed by atoms with Gasteiger partial charge in [-0.3, -0.25) is 47.9 Å². The number of benzene rings is 2. The Morgan fingerprint density at radius 2 is 0.989 bits per heavy atom. The summed E-state index contributed by atoms with van der Waals surface area (Å²) in [5.74, 6) is -5.62. The van der Waals surface area contributed by atoms with Crippen LogP contribution in [-0.4, -0.2) is 185 Å². The lowest BCUT2D eigenvalue weighted by molar-refractivity contribution is -0.147. The van der Waals surface area contributed by atoms with Crippen LogP contribution in [0, 0.1) is 23.7 Å². The number of primary amides is 1. The molecule has 1 heterocycles. The lowest BCUT2D eigenvalue weighted by Crippen LogP contribution is -2.61. The molecule has 0 aromatic heterocycles. The minimum atomic E-state index is -1.33. The summed E-state index contributed by atoms with van der Waals surface area (Å²) < 4.78 is 6.08. The van der Waals surface area contributed by atoms with E-state index < -0.39 is 101 Å². The Morgan fingerprint density at radius 1 is 0.552 bits per heavy atom. The van der Waals surface area contributed by atoms with Crippen molar-refractivity contribution in [2.75, 3.05) is 47.9 Å². The number of piperidine rings is 1. The van der Waals surface area contributed by atoms with Crippen LogP contribution in [0.25, 0.3) is 0 Å². The van der Waals surface area contributed by atoms with Gasteiger partial charge in [0, 0.05) is 67.0 Å². The first-order valence-electron chi connectivity index (χ1n) is 31.3. The Morgan fingerprint density at radius 3 is 1.47 bits per heavy atom. The summed E-state index contributed by atoms with van der Waals surface area (Å²) in [6.45, 7) is 23.0. The molecule has 0 saturated carbocycles. The molecule has 0 spiro atoms. The number of likely N-dealkylation sites (tertiary alicyclic amines) is 1. The predicted octanol–water partition coefficient (Wildman–Crippen LogP) is 5.41. The quantitative estimate of drug-likeness (QED) is 0.0592. The molecule has 2 aromatic rings. The van der Waals surface area contributed by atoms with E-state index in [1.54, 1.807) is 57.0 Å². The van der Waals surface area contributed by atoms with E-state index in [0.717, 1.165) is 31.2 Å². The number of nitrogens with one attached hydrogen (secondary N) is 4. The van der Waals surface area contributed by atoms with Gasteiger partial charge in [0.15, 0.2) is 0 Å². The topological polar surface area (TPSA) is 270 Å². The highest BCUT2D eigenvalue weighted by Crippen LogP contribution is 2.21. The SMILES string of the molecule is CC[C@H](C)CC(=O)N(C)[C@@H](CC(C)C)C(=O)N[C@@H](CCC(=O)N[C@H](C)C(=O)N(C)C(CC(C)C)C(=O)N[C@@H](CC(C)C)C(=O)N(C)[C@@H](Cc1ccccc1)C(=O)N[C@@H](COC(C)(C)C)C(=O)N(C)[C@@H](Cc1ccccc1)C(N)=O)C(=O)N1CCCCC1. The molecule has 1 aliphatic heterocycles. The van der Waals surface area contributed by atoms with Crippen molar-refractivity contribution in [1.29, 1.82) is 0 Å². The highest BCUT2D eigenvalue weighted by atomic mass is 16.5. The number of nitrogens with two attached hydrogens (primary N) is 1. The first-order valence-corrected chi connectivity index (χ1v) is 31.3. The third-order valence-corrected chi connectivity index (χ3v) is 16.0. The molecular formula is C66H106N10O11. The molecule has 0 bridgehead atoms. The maximum absolute atomic E-state index is 15.0. The molecule has 1 saturated heterocycles. The van der Waals surface area contributed by atoms with Crippen molar-refractivity contribution in [3.63, 3.8) is 0 Å². The number of amides is 10. The summed E-state index contributed by atoms with van der Waals surface area (Å²) >= 11 is 0. The largest absolute Gasteiger partial charge is 0.373 e. The summed E-state index contributed by atoms with van der Waals surface area (Å²) in [4.78, 5) is 149. The van der Waals surface area contributed by atoms with Gasteiger partial charge in [0.25, 0.3) is 0 Å². The minimum absolute atomic E-state index is 0.00405. The fraction of sp³-hybridized carbons (Fsp3) is 0.667. The zero-order chi connectivity index (χ0) is 65.5. The second-order valence-electron chi connectivity index (χ2n) is 26.1. The first-order chi connectivity index (χ1) is 40.8. The molecule has 0 radical (unpaired) electrons. The zero-order valence-corrected chi connectivity index (χ0v) is 55.1. The van der Waals surface area contributed by atoms with Crippen LogP contribution in [0.4, 0.5) is 0 Å².